The lowest BCUT2D eigenvalue weighted by Crippen LogP contribution is -2.31. The van der Waals surface area contributed by atoms with Crippen molar-refractivity contribution < 1.29 is 9.53 Å². The predicted octanol–water partition coefficient (Wildman–Crippen LogP) is 3.68. The summed E-state index contributed by atoms with van der Waals surface area (Å²) in [5.41, 5.74) is 1.49. The first-order valence-corrected chi connectivity index (χ1v) is 8.20. The van der Waals surface area contributed by atoms with Crippen molar-refractivity contribution in [2.45, 2.75) is 19.9 Å². The maximum atomic E-state index is 11.5. The third-order valence-electron chi connectivity index (χ3n) is 3.27. The van der Waals surface area contributed by atoms with Gasteiger partial charge in [-0.25, -0.2) is 9.98 Å². The molecule has 0 amide bonds. The Morgan fingerprint density at radius 1 is 1.39 bits per heavy atom. The summed E-state index contributed by atoms with van der Waals surface area (Å²) in [6.07, 6.45) is 1.72. The zero-order valence-corrected chi connectivity index (χ0v) is 14.1. The van der Waals surface area contributed by atoms with Crippen LogP contribution in [-0.2, 0) is 9.53 Å². The zero-order chi connectivity index (χ0) is 16.4. The number of hydrogen-bond donors (Lipinski definition) is 1. The molecule has 0 aliphatic carbocycles. The van der Waals surface area contributed by atoms with E-state index < -0.39 is 12.0 Å². The van der Waals surface area contributed by atoms with Gasteiger partial charge in [0, 0.05) is 29.1 Å². The van der Waals surface area contributed by atoms with Gasteiger partial charge in [0.1, 0.15) is 6.04 Å². The van der Waals surface area contributed by atoms with Crippen molar-refractivity contribution in [3.63, 3.8) is 0 Å². The standard InChI is InChI=1S/C16H14ClN3O2S/c1-9-14(22-10(2)21)13(11-5-3-4-6-12(11)17)20-15(19-9)16-18-7-8-23-16/h3-8,13H,1-2H3,(H,19,20). The molecule has 3 rings (SSSR count). The molecule has 0 saturated carbocycles. The van der Waals surface area contributed by atoms with Crippen LogP contribution in [0.1, 0.15) is 30.5 Å². The van der Waals surface area contributed by atoms with Gasteiger partial charge >= 0.3 is 5.97 Å². The molecule has 1 aliphatic rings. The highest BCUT2D eigenvalue weighted by Crippen LogP contribution is 2.35. The number of allylic oxidation sites excluding steroid dienone is 1. The highest BCUT2D eigenvalue weighted by Gasteiger charge is 2.29. The monoisotopic (exact) mass is 347 g/mol. The van der Waals surface area contributed by atoms with Crippen LogP contribution in [0.15, 0.2) is 52.3 Å². The van der Waals surface area contributed by atoms with Gasteiger partial charge in [-0.15, -0.1) is 11.3 Å². The van der Waals surface area contributed by atoms with Crippen molar-refractivity contribution in [2.75, 3.05) is 0 Å². The van der Waals surface area contributed by atoms with Crippen LogP contribution < -0.4 is 5.32 Å². The summed E-state index contributed by atoms with van der Waals surface area (Å²) in [5.74, 6) is 0.690. The largest absolute Gasteiger partial charge is 0.427 e. The maximum absolute atomic E-state index is 11.5. The maximum Gasteiger partial charge on any atom is 0.307 e. The van der Waals surface area contributed by atoms with Crippen LogP contribution in [-0.4, -0.2) is 16.8 Å². The van der Waals surface area contributed by atoms with E-state index in [-0.39, 0.29) is 0 Å². The molecule has 5 nitrogen and oxygen atoms in total. The number of amidine groups is 1. The lowest BCUT2D eigenvalue weighted by molar-refractivity contribution is -0.137. The second-order valence-corrected chi connectivity index (χ2v) is 6.25. The van der Waals surface area contributed by atoms with E-state index in [1.54, 1.807) is 12.3 Å². The number of carbonyl (C=O) groups is 1. The molecule has 1 N–H and O–H groups in total. The number of aliphatic imine (C=N–C) groups is 1. The van der Waals surface area contributed by atoms with Gasteiger partial charge in [0.15, 0.2) is 16.6 Å². The van der Waals surface area contributed by atoms with E-state index in [0.29, 0.717) is 22.3 Å². The number of nitrogens with one attached hydrogen (secondary N) is 1. The summed E-state index contributed by atoms with van der Waals surface area (Å²) in [6.45, 7) is 3.20. The van der Waals surface area contributed by atoms with E-state index in [1.807, 2.05) is 30.5 Å². The van der Waals surface area contributed by atoms with E-state index in [0.717, 1.165) is 10.6 Å². The molecule has 0 spiro atoms. The molecule has 2 aromatic rings. The van der Waals surface area contributed by atoms with Crippen molar-refractivity contribution in [2.24, 2.45) is 4.99 Å². The fourth-order valence-electron chi connectivity index (χ4n) is 2.31. The Morgan fingerprint density at radius 3 is 2.83 bits per heavy atom. The third-order valence-corrected chi connectivity index (χ3v) is 4.39. The van der Waals surface area contributed by atoms with Gasteiger partial charge < -0.3 is 10.1 Å². The van der Waals surface area contributed by atoms with Crippen molar-refractivity contribution in [3.05, 3.63) is 62.9 Å². The number of carbonyl (C=O) groups excluding carboxylic acids is 1. The summed E-state index contributed by atoms with van der Waals surface area (Å²) in [5, 5.41) is 6.37. The van der Waals surface area contributed by atoms with Gasteiger partial charge in [0.25, 0.3) is 0 Å². The van der Waals surface area contributed by atoms with E-state index in [9.17, 15) is 4.79 Å². The third kappa shape index (κ3) is 3.28. The van der Waals surface area contributed by atoms with Crippen LogP contribution >= 0.6 is 22.9 Å². The molecule has 0 saturated heterocycles. The van der Waals surface area contributed by atoms with Gasteiger partial charge in [-0.3, -0.25) is 4.79 Å². The summed E-state index contributed by atoms with van der Waals surface area (Å²) >= 11 is 7.79. The van der Waals surface area contributed by atoms with Crippen LogP contribution in [0.25, 0.3) is 0 Å². The van der Waals surface area contributed by atoms with Gasteiger partial charge in [0.05, 0.1) is 5.70 Å². The second kappa shape index (κ2) is 6.52. The van der Waals surface area contributed by atoms with Gasteiger partial charge in [0.2, 0.25) is 0 Å². The van der Waals surface area contributed by atoms with E-state index in [2.05, 4.69) is 15.3 Å². The Bertz CT molecular complexity index is 799. The number of thiazole rings is 1. The minimum atomic E-state index is -0.493. The number of rotatable bonds is 3. The van der Waals surface area contributed by atoms with E-state index >= 15 is 0 Å². The van der Waals surface area contributed by atoms with Gasteiger partial charge in [-0.1, -0.05) is 29.8 Å². The van der Waals surface area contributed by atoms with Crippen molar-refractivity contribution in [1.82, 2.24) is 10.3 Å². The number of esters is 1. The highest BCUT2D eigenvalue weighted by molar-refractivity contribution is 7.11. The SMILES string of the molecule is CC(=O)OC1=C(C)NC(c2nccs2)=NC1c1ccccc1Cl. The van der Waals surface area contributed by atoms with Crippen LogP contribution in [0.2, 0.25) is 5.02 Å². The predicted molar refractivity (Wildman–Crippen MR) is 90.4 cm³/mol. The average molecular weight is 348 g/mol. The lowest BCUT2D eigenvalue weighted by Gasteiger charge is -2.26. The van der Waals surface area contributed by atoms with Crippen LogP contribution in [0, 0.1) is 0 Å². The second-order valence-electron chi connectivity index (χ2n) is 4.95. The Morgan fingerprint density at radius 2 is 2.17 bits per heavy atom. The fraction of sp³-hybridized carbons (Fsp3) is 0.188. The molecule has 7 heteroatoms. The Hall–Kier alpha value is -2.18. The van der Waals surface area contributed by atoms with E-state index in [4.69, 9.17) is 16.3 Å². The molecule has 1 unspecified atom stereocenters. The number of benzene rings is 1. The lowest BCUT2D eigenvalue weighted by atomic mass is 10.0. The van der Waals surface area contributed by atoms with Crippen molar-refractivity contribution in [1.29, 1.82) is 0 Å². The molecule has 2 heterocycles. The molecule has 1 atom stereocenters. The van der Waals surface area contributed by atoms with Crippen LogP contribution in [0.4, 0.5) is 0 Å². The minimum absolute atomic E-state index is 0.397. The molecule has 0 fully saturated rings. The van der Waals surface area contributed by atoms with Gasteiger partial charge in [-0.05, 0) is 13.0 Å². The molecule has 1 aromatic carbocycles. The number of ether oxygens (including phenoxy) is 1. The minimum Gasteiger partial charge on any atom is -0.427 e. The number of nitrogens with zero attached hydrogens (tertiary/aromatic N) is 2. The Kier molecular flexibility index (Phi) is 4.45. The molecule has 1 aromatic heterocycles. The molecule has 0 bridgehead atoms. The zero-order valence-electron chi connectivity index (χ0n) is 12.5. The topological polar surface area (TPSA) is 63.6 Å². The van der Waals surface area contributed by atoms with Gasteiger partial charge in [-0.2, -0.15) is 0 Å². The smallest absolute Gasteiger partial charge is 0.307 e. The van der Waals surface area contributed by atoms with Crippen molar-refractivity contribution >= 4 is 34.7 Å². The number of hydrogen-bond acceptors (Lipinski definition) is 6. The Labute approximate surface area is 142 Å². The molecular weight excluding hydrogens is 334 g/mol. The van der Waals surface area contributed by atoms with Crippen LogP contribution in [0.3, 0.4) is 0 Å². The summed E-state index contributed by atoms with van der Waals surface area (Å²) in [7, 11) is 0. The highest BCUT2D eigenvalue weighted by atomic mass is 35.5. The quantitative estimate of drug-likeness (QED) is 0.860. The fourth-order valence-corrected chi connectivity index (χ4v) is 3.13. The number of halogens is 1. The molecule has 0 radical (unpaired) electrons. The summed E-state index contributed by atoms with van der Waals surface area (Å²) in [4.78, 5) is 20.4. The first kappa shape index (κ1) is 15.7. The molecule has 23 heavy (non-hydrogen) atoms. The molecular formula is C16H14ClN3O2S. The average Bonchev–Trinajstić information content (AvgIpc) is 3.04. The van der Waals surface area contributed by atoms with E-state index in [1.165, 1.54) is 18.3 Å². The van der Waals surface area contributed by atoms with Crippen LogP contribution in [0.5, 0.6) is 0 Å². The Balaban J connectivity index is 2.09. The summed E-state index contributed by atoms with van der Waals surface area (Å²) < 4.78 is 5.39. The van der Waals surface area contributed by atoms with Crippen molar-refractivity contribution in [3.8, 4) is 0 Å². The molecule has 118 valence electrons. The normalized spacial score (nSPS) is 17.5. The first-order valence-electron chi connectivity index (χ1n) is 6.94. The first-order chi connectivity index (χ1) is 11.1. The summed E-state index contributed by atoms with van der Waals surface area (Å²) in [6, 6.07) is 6.90. The number of aromatic nitrogens is 1. The molecule has 1 aliphatic heterocycles.